The highest BCUT2D eigenvalue weighted by Gasteiger charge is 2.05. The van der Waals surface area contributed by atoms with E-state index < -0.39 is 4.92 Å². The minimum atomic E-state index is -0.520. The molecule has 0 heterocycles. The van der Waals surface area contributed by atoms with Gasteiger partial charge < -0.3 is 5.11 Å². The fourth-order valence-electron chi connectivity index (χ4n) is 1.90. The number of nitrogens with zero attached hydrogens (tertiary/aromatic N) is 2. The van der Waals surface area contributed by atoms with E-state index in [1.807, 2.05) is 0 Å². The van der Waals surface area contributed by atoms with E-state index in [4.69, 9.17) is 0 Å². The molecule has 0 atom stereocenters. The molecule has 0 bridgehead atoms. The zero-order chi connectivity index (χ0) is 16.7. The summed E-state index contributed by atoms with van der Waals surface area (Å²) in [5, 5.41) is 22.3. The van der Waals surface area contributed by atoms with Gasteiger partial charge in [0.05, 0.1) is 4.92 Å². The molecule has 2 aromatic carbocycles. The second-order valence-corrected chi connectivity index (χ2v) is 6.16. The first-order valence-electron chi connectivity index (χ1n) is 7.15. The van der Waals surface area contributed by atoms with Gasteiger partial charge in [-0.2, -0.15) is 11.8 Å². The largest absolute Gasteiger partial charge is 0.872 e. The van der Waals surface area contributed by atoms with Crippen molar-refractivity contribution in [3.8, 4) is 5.75 Å². The quantitative estimate of drug-likeness (QED) is 0.338. The number of nitro benzene ring substituents is 1. The van der Waals surface area contributed by atoms with E-state index in [9.17, 15) is 15.2 Å². The Morgan fingerprint density at radius 1 is 1.22 bits per heavy atom. The summed E-state index contributed by atoms with van der Waals surface area (Å²) in [5.74, 6) is 1.49. The average Bonchev–Trinajstić information content (AvgIpc) is 2.53. The first-order chi connectivity index (χ1) is 11.1. The van der Waals surface area contributed by atoms with Gasteiger partial charge >= 0.3 is 0 Å². The molecule has 0 radical (unpaired) electrons. The van der Waals surface area contributed by atoms with Gasteiger partial charge in [-0.15, -0.1) is 0 Å². The normalized spacial score (nSPS) is 11.0. The summed E-state index contributed by atoms with van der Waals surface area (Å²) in [6, 6.07) is 12.1. The lowest BCUT2D eigenvalue weighted by molar-refractivity contribution is -0.385. The maximum atomic E-state index is 11.6. The van der Waals surface area contributed by atoms with Crippen LogP contribution in [0.2, 0.25) is 0 Å². The van der Waals surface area contributed by atoms with Crippen molar-refractivity contribution in [1.82, 2.24) is 0 Å². The second kappa shape index (κ2) is 8.33. The van der Waals surface area contributed by atoms with Crippen molar-refractivity contribution >= 4 is 23.7 Å². The Kier molecular flexibility index (Phi) is 6.17. The van der Waals surface area contributed by atoms with E-state index in [0.29, 0.717) is 6.54 Å². The van der Waals surface area contributed by atoms with E-state index in [1.54, 1.807) is 11.8 Å². The Morgan fingerprint density at radius 3 is 2.65 bits per heavy atom. The molecule has 6 heteroatoms. The van der Waals surface area contributed by atoms with Gasteiger partial charge in [0.15, 0.2) is 0 Å². The van der Waals surface area contributed by atoms with Crippen molar-refractivity contribution in [2.24, 2.45) is 4.99 Å². The van der Waals surface area contributed by atoms with Crippen molar-refractivity contribution in [2.45, 2.75) is 12.7 Å². The molecule has 0 aliphatic heterocycles. The molecule has 0 fully saturated rings. The predicted molar refractivity (Wildman–Crippen MR) is 92.3 cm³/mol. The number of nitro groups is 1. The number of thioether (sulfide) groups is 1. The molecule has 0 aliphatic rings. The molecular formula is C17H17N2O3S-. The number of benzene rings is 2. The molecule has 0 aromatic heterocycles. The molecule has 23 heavy (non-hydrogen) atoms. The van der Waals surface area contributed by atoms with Crippen LogP contribution >= 0.6 is 11.8 Å². The van der Waals surface area contributed by atoms with Gasteiger partial charge in [-0.05, 0) is 18.1 Å². The highest BCUT2D eigenvalue weighted by Crippen LogP contribution is 2.19. The smallest absolute Gasteiger partial charge is 0.270 e. The van der Waals surface area contributed by atoms with Crippen LogP contribution in [0.15, 0.2) is 47.5 Å². The van der Waals surface area contributed by atoms with E-state index in [1.165, 1.54) is 35.5 Å². The Balaban J connectivity index is 1.79. The fourth-order valence-corrected chi connectivity index (χ4v) is 2.71. The molecule has 0 saturated carbocycles. The van der Waals surface area contributed by atoms with Crippen molar-refractivity contribution in [3.05, 3.63) is 69.3 Å². The molecule has 2 aromatic rings. The standard InChI is InChI=1S/C17H18N2O3S/c1-13-2-4-14(5-3-13)12-23-9-8-18-11-15-10-16(19(21)22)6-7-17(15)20/h2-7,10-11,20H,8-9,12H2,1H3/p-1. The summed E-state index contributed by atoms with van der Waals surface area (Å²) < 4.78 is 0. The van der Waals surface area contributed by atoms with Gasteiger partial charge in [0, 0.05) is 36.4 Å². The van der Waals surface area contributed by atoms with Crippen LogP contribution in [-0.4, -0.2) is 23.4 Å². The number of hydrogen-bond donors (Lipinski definition) is 0. The Hall–Kier alpha value is -2.34. The topological polar surface area (TPSA) is 78.6 Å². The molecule has 5 nitrogen and oxygen atoms in total. The fraction of sp³-hybridized carbons (Fsp3) is 0.235. The number of rotatable bonds is 7. The number of non-ortho nitro benzene ring substituents is 1. The lowest BCUT2D eigenvalue weighted by Crippen LogP contribution is -1.99. The molecule has 120 valence electrons. The lowest BCUT2D eigenvalue weighted by atomic mass is 10.2. The molecule has 0 saturated heterocycles. The highest BCUT2D eigenvalue weighted by atomic mass is 32.2. The number of aliphatic imine (C=N–C) groups is 1. The van der Waals surface area contributed by atoms with E-state index in [-0.39, 0.29) is 17.0 Å². The maximum absolute atomic E-state index is 11.6. The molecule has 0 aliphatic carbocycles. The third kappa shape index (κ3) is 5.41. The maximum Gasteiger partial charge on any atom is 0.270 e. The van der Waals surface area contributed by atoms with Crippen LogP contribution in [0, 0.1) is 17.0 Å². The monoisotopic (exact) mass is 329 g/mol. The molecule has 2 rings (SSSR count). The van der Waals surface area contributed by atoms with Gasteiger partial charge in [0.1, 0.15) is 0 Å². The minimum Gasteiger partial charge on any atom is -0.872 e. The van der Waals surface area contributed by atoms with Gasteiger partial charge in [-0.3, -0.25) is 15.1 Å². The summed E-state index contributed by atoms with van der Waals surface area (Å²) in [4.78, 5) is 14.4. The van der Waals surface area contributed by atoms with Crippen LogP contribution in [0.3, 0.4) is 0 Å². The predicted octanol–water partition coefficient (Wildman–Crippen LogP) is 3.33. The van der Waals surface area contributed by atoms with Gasteiger partial charge in [-0.1, -0.05) is 41.6 Å². The Bertz CT molecular complexity index is 699. The third-order valence-electron chi connectivity index (χ3n) is 3.19. The minimum absolute atomic E-state index is 0.0974. The summed E-state index contributed by atoms with van der Waals surface area (Å²) in [6.07, 6.45) is 1.42. The Morgan fingerprint density at radius 2 is 1.96 bits per heavy atom. The van der Waals surface area contributed by atoms with Crippen molar-refractivity contribution < 1.29 is 10.0 Å². The first-order valence-corrected chi connectivity index (χ1v) is 8.30. The van der Waals surface area contributed by atoms with Crippen LogP contribution in [0.5, 0.6) is 5.75 Å². The van der Waals surface area contributed by atoms with Gasteiger partial charge in [0.2, 0.25) is 0 Å². The van der Waals surface area contributed by atoms with Crippen LogP contribution in [0.25, 0.3) is 0 Å². The molecular weight excluding hydrogens is 312 g/mol. The number of hydrogen-bond acceptors (Lipinski definition) is 5. The summed E-state index contributed by atoms with van der Waals surface area (Å²) in [5.41, 5.74) is 2.67. The van der Waals surface area contributed by atoms with Gasteiger partial charge in [-0.25, -0.2) is 0 Å². The van der Waals surface area contributed by atoms with Crippen LogP contribution in [0.4, 0.5) is 5.69 Å². The summed E-state index contributed by atoms with van der Waals surface area (Å²) in [6.45, 7) is 2.63. The van der Waals surface area contributed by atoms with Crippen molar-refractivity contribution in [3.63, 3.8) is 0 Å². The van der Waals surface area contributed by atoms with Crippen LogP contribution < -0.4 is 5.11 Å². The lowest BCUT2D eigenvalue weighted by Gasteiger charge is -2.08. The molecule has 0 unspecified atom stereocenters. The van der Waals surface area contributed by atoms with E-state index in [0.717, 1.165) is 11.5 Å². The molecule has 0 amide bonds. The van der Waals surface area contributed by atoms with Crippen molar-refractivity contribution in [2.75, 3.05) is 12.3 Å². The first kappa shape index (κ1) is 17.0. The zero-order valence-corrected chi connectivity index (χ0v) is 13.6. The second-order valence-electron chi connectivity index (χ2n) is 5.05. The van der Waals surface area contributed by atoms with Crippen LogP contribution in [0.1, 0.15) is 16.7 Å². The molecule has 0 N–H and O–H groups in total. The summed E-state index contributed by atoms with van der Waals surface area (Å²) >= 11 is 1.76. The highest BCUT2D eigenvalue weighted by molar-refractivity contribution is 7.98. The molecule has 0 spiro atoms. The van der Waals surface area contributed by atoms with Crippen LogP contribution in [-0.2, 0) is 5.75 Å². The Labute approximate surface area is 139 Å². The average molecular weight is 329 g/mol. The van der Waals surface area contributed by atoms with E-state index >= 15 is 0 Å². The summed E-state index contributed by atoms with van der Waals surface area (Å²) in [7, 11) is 0. The SMILES string of the molecule is Cc1ccc(CSCCN=Cc2cc([N+](=O)[O-])ccc2[O-])cc1. The van der Waals surface area contributed by atoms with E-state index in [2.05, 4.69) is 36.2 Å². The number of aryl methyl sites for hydroxylation is 1. The zero-order valence-electron chi connectivity index (χ0n) is 12.8. The van der Waals surface area contributed by atoms with Crippen molar-refractivity contribution in [1.29, 1.82) is 0 Å². The van der Waals surface area contributed by atoms with Gasteiger partial charge in [0.25, 0.3) is 5.69 Å². The third-order valence-corrected chi connectivity index (χ3v) is 4.20.